The van der Waals surface area contributed by atoms with Crippen LogP contribution in [-0.4, -0.2) is 77.1 Å². The van der Waals surface area contributed by atoms with Gasteiger partial charge in [-0.25, -0.2) is 0 Å². The van der Waals surface area contributed by atoms with Crippen LogP contribution in [-0.2, 0) is 42.9 Å². The lowest BCUT2D eigenvalue weighted by Crippen LogP contribution is -2.67. The number of allylic oxidation sites excluding steroid dienone is 2. The molecule has 0 unspecified atom stereocenters. The summed E-state index contributed by atoms with van der Waals surface area (Å²) in [5, 5.41) is 12.4. The molecule has 0 bridgehead atoms. The number of carbonyl (C=O) groups excluding carboxylic acids is 4. The molecule has 1 N–H and O–H groups in total. The summed E-state index contributed by atoms with van der Waals surface area (Å²) in [6.45, 7) is 9.54. The van der Waals surface area contributed by atoms with Gasteiger partial charge in [0, 0.05) is 43.4 Å². The minimum atomic E-state index is -2.02. The predicted molar refractivity (Wildman–Crippen MR) is 137 cm³/mol. The van der Waals surface area contributed by atoms with E-state index in [0.29, 0.717) is 12.0 Å². The van der Waals surface area contributed by atoms with Gasteiger partial charge in [-0.15, -0.1) is 11.6 Å². The highest BCUT2D eigenvalue weighted by atomic mass is 35.5. The highest BCUT2D eigenvalue weighted by Gasteiger charge is 2.74. The Kier molecular flexibility index (Phi) is 8.23. The van der Waals surface area contributed by atoms with Crippen LogP contribution in [0, 0.1) is 23.2 Å². The Morgan fingerprint density at radius 3 is 2.38 bits per heavy atom. The molecule has 11 atom stereocenters. The quantitative estimate of drug-likeness (QED) is 0.220. The van der Waals surface area contributed by atoms with Gasteiger partial charge in [-0.1, -0.05) is 26.8 Å². The van der Waals surface area contributed by atoms with Crippen molar-refractivity contribution in [3.8, 4) is 0 Å². The standard InChI is InChI=1S/C28H37ClO10/c1-7-8-20(32)37-18-10-9-17(12-29)11-19-28(34,14(3)26(33)38-19)24(36-16(5)31)21-13(2)22(35-15(4)30)23-25(39-23)27(18,21)6/h9-11,13-14,18-19,21-25,34H,7-8,12H2,1-6H3/b10-9-,17-11+/t13-,14+,18+,19+,21-,22+,23+,24+,25+,27-,28+/m1/s1. The maximum Gasteiger partial charge on any atom is 0.312 e. The summed E-state index contributed by atoms with van der Waals surface area (Å²) >= 11 is 6.22. The number of halogens is 1. The van der Waals surface area contributed by atoms with Crippen molar-refractivity contribution in [2.75, 3.05) is 5.88 Å². The van der Waals surface area contributed by atoms with Crippen LogP contribution in [0.5, 0.6) is 0 Å². The van der Waals surface area contributed by atoms with Crippen LogP contribution >= 0.6 is 11.6 Å². The van der Waals surface area contributed by atoms with E-state index in [4.69, 9.17) is 35.3 Å². The Labute approximate surface area is 233 Å². The van der Waals surface area contributed by atoms with Crippen LogP contribution in [0.1, 0.15) is 54.4 Å². The fraction of sp³-hybridized carbons (Fsp3) is 0.714. The average Bonchev–Trinajstić information content (AvgIpc) is 3.63. The molecule has 0 aromatic rings. The van der Waals surface area contributed by atoms with Gasteiger partial charge in [0.1, 0.15) is 24.4 Å². The first-order valence-corrected chi connectivity index (χ1v) is 13.9. The number of ether oxygens (including phenoxy) is 5. The summed E-state index contributed by atoms with van der Waals surface area (Å²) in [6.07, 6.45) is 0.449. The molecule has 2 aliphatic carbocycles. The van der Waals surface area contributed by atoms with Crippen molar-refractivity contribution < 1.29 is 48.0 Å². The van der Waals surface area contributed by atoms with E-state index in [-0.39, 0.29) is 12.3 Å². The molecule has 0 amide bonds. The third-order valence-corrected chi connectivity index (χ3v) is 9.03. The molecule has 1 saturated carbocycles. The summed E-state index contributed by atoms with van der Waals surface area (Å²) in [6, 6.07) is 0. The van der Waals surface area contributed by atoms with E-state index in [1.54, 1.807) is 12.2 Å². The maximum atomic E-state index is 12.9. The number of esters is 4. The van der Waals surface area contributed by atoms with Crippen LogP contribution in [0.2, 0.25) is 0 Å². The maximum absolute atomic E-state index is 12.9. The molecular formula is C28H37ClO10. The van der Waals surface area contributed by atoms with E-state index in [2.05, 4.69) is 0 Å². The van der Waals surface area contributed by atoms with Crippen molar-refractivity contribution in [1.29, 1.82) is 0 Å². The minimum Gasteiger partial charge on any atom is -0.459 e. The fourth-order valence-electron chi connectivity index (χ4n) is 6.75. The summed E-state index contributed by atoms with van der Waals surface area (Å²) < 4.78 is 29.3. The van der Waals surface area contributed by atoms with E-state index in [9.17, 15) is 24.3 Å². The van der Waals surface area contributed by atoms with E-state index >= 15 is 0 Å². The third kappa shape index (κ3) is 5.00. The second-order valence-electron chi connectivity index (χ2n) is 11.2. The van der Waals surface area contributed by atoms with Crippen LogP contribution in [0.15, 0.2) is 23.8 Å². The highest BCUT2D eigenvalue weighted by Crippen LogP contribution is 2.61. The normalized spacial score (nSPS) is 44.8. The van der Waals surface area contributed by atoms with E-state index < -0.39 is 89.3 Å². The lowest BCUT2D eigenvalue weighted by Gasteiger charge is -2.53. The zero-order chi connectivity index (χ0) is 28.9. The molecule has 11 heteroatoms. The molecule has 2 aliphatic heterocycles. The highest BCUT2D eigenvalue weighted by molar-refractivity contribution is 6.19. The van der Waals surface area contributed by atoms with E-state index in [0.717, 1.165) is 0 Å². The Hall–Kier alpha value is -2.43. The smallest absolute Gasteiger partial charge is 0.312 e. The van der Waals surface area contributed by atoms with Gasteiger partial charge in [-0.05, 0) is 31.1 Å². The molecule has 2 heterocycles. The molecule has 0 radical (unpaired) electrons. The molecule has 216 valence electrons. The number of alkyl halides is 1. The van der Waals surface area contributed by atoms with Crippen molar-refractivity contribution in [3.05, 3.63) is 23.8 Å². The topological polar surface area (TPSA) is 138 Å². The van der Waals surface area contributed by atoms with Crippen molar-refractivity contribution >= 4 is 35.5 Å². The van der Waals surface area contributed by atoms with Crippen molar-refractivity contribution in [2.45, 2.75) is 96.6 Å². The lowest BCUT2D eigenvalue weighted by atomic mass is 9.54. The number of rotatable bonds is 6. The average molecular weight is 569 g/mol. The predicted octanol–water partition coefficient (Wildman–Crippen LogP) is 2.63. The van der Waals surface area contributed by atoms with E-state index in [1.165, 1.54) is 26.8 Å². The number of aliphatic hydroxyl groups is 1. The van der Waals surface area contributed by atoms with Gasteiger partial charge in [0.15, 0.2) is 11.7 Å². The summed E-state index contributed by atoms with van der Waals surface area (Å²) in [4.78, 5) is 50.4. The second-order valence-corrected chi connectivity index (χ2v) is 11.5. The molecule has 0 spiro atoms. The van der Waals surface area contributed by atoms with Crippen LogP contribution in [0.4, 0.5) is 0 Å². The number of hydrogen-bond acceptors (Lipinski definition) is 10. The number of carbonyl (C=O) groups is 4. The molecule has 3 fully saturated rings. The molecule has 0 aromatic carbocycles. The van der Waals surface area contributed by atoms with Gasteiger partial charge >= 0.3 is 23.9 Å². The van der Waals surface area contributed by atoms with Crippen molar-refractivity contribution in [2.24, 2.45) is 23.2 Å². The van der Waals surface area contributed by atoms with Gasteiger partial charge in [0.05, 0.1) is 12.0 Å². The number of hydrogen-bond donors (Lipinski definition) is 1. The van der Waals surface area contributed by atoms with Crippen molar-refractivity contribution in [3.63, 3.8) is 0 Å². The Bertz CT molecular complexity index is 1090. The summed E-state index contributed by atoms with van der Waals surface area (Å²) in [7, 11) is 0. The zero-order valence-electron chi connectivity index (χ0n) is 23.0. The molecule has 39 heavy (non-hydrogen) atoms. The first-order valence-electron chi connectivity index (χ1n) is 13.4. The Morgan fingerprint density at radius 2 is 1.79 bits per heavy atom. The first kappa shape index (κ1) is 29.6. The van der Waals surface area contributed by atoms with Gasteiger partial charge in [0.25, 0.3) is 0 Å². The van der Waals surface area contributed by atoms with Crippen LogP contribution in [0.3, 0.4) is 0 Å². The monoisotopic (exact) mass is 568 g/mol. The van der Waals surface area contributed by atoms with E-state index in [1.807, 2.05) is 20.8 Å². The molecule has 4 rings (SSSR count). The largest absolute Gasteiger partial charge is 0.459 e. The molecule has 0 aromatic heterocycles. The molecular weight excluding hydrogens is 532 g/mol. The summed E-state index contributed by atoms with van der Waals surface area (Å²) in [5.41, 5.74) is -2.59. The van der Waals surface area contributed by atoms with Crippen LogP contribution in [0.25, 0.3) is 0 Å². The van der Waals surface area contributed by atoms with Gasteiger partial charge in [-0.3, -0.25) is 19.2 Å². The lowest BCUT2D eigenvalue weighted by molar-refractivity contribution is -0.218. The van der Waals surface area contributed by atoms with Gasteiger partial charge in [0.2, 0.25) is 0 Å². The molecule has 10 nitrogen and oxygen atoms in total. The van der Waals surface area contributed by atoms with Crippen molar-refractivity contribution in [1.82, 2.24) is 0 Å². The number of fused-ring (bicyclic) bond motifs is 4. The molecule has 4 aliphatic rings. The Balaban J connectivity index is 1.97. The first-order chi connectivity index (χ1) is 18.3. The minimum absolute atomic E-state index is 0.0104. The Morgan fingerprint density at radius 1 is 1.13 bits per heavy atom. The molecule has 2 saturated heterocycles. The zero-order valence-corrected chi connectivity index (χ0v) is 23.8. The third-order valence-electron chi connectivity index (χ3n) is 8.72. The number of epoxide rings is 1. The summed E-state index contributed by atoms with van der Waals surface area (Å²) in [5.74, 6) is -4.75. The fourth-order valence-corrected chi connectivity index (χ4v) is 6.93. The second kappa shape index (κ2) is 10.9. The van der Waals surface area contributed by atoms with Crippen LogP contribution < -0.4 is 0 Å². The van der Waals surface area contributed by atoms with Gasteiger partial charge in [-0.2, -0.15) is 0 Å². The SMILES string of the molecule is CCCC(=O)O[C@H]1/C=C\C(CCl)=C/[C@@H]2OC(=O)[C@H](C)[C@@]2(O)[C@@H](OC(C)=O)[C@H]2[C@@H](C)[C@H](OC(C)=O)[C@@H]3O[C@@H]3[C@@]21C. The van der Waals surface area contributed by atoms with Gasteiger partial charge < -0.3 is 28.8 Å².